The van der Waals surface area contributed by atoms with E-state index in [9.17, 15) is 0 Å². The Morgan fingerprint density at radius 3 is 3.05 bits per heavy atom. The number of nitrogens with zero attached hydrogens (tertiary/aromatic N) is 4. The highest BCUT2D eigenvalue weighted by atomic mass is 32.2. The monoisotopic (exact) mass is 288 g/mol. The first kappa shape index (κ1) is 14.6. The van der Waals surface area contributed by atoms with Crippen molar-refractivity contribution in [3.8, 4) is 6.07 Å². The average Bonchev–Trinajstić information content (AvgIpc) is 2.93. The molecule has 0 unspecified atom stereocenters. The lowest BCUT2D eigenvalue weighted by atomic mass is 10.1. The maximum Gasteiger partial charge on any atom is 0.191 e. The van der Waals surface area contributed by atoms with Gasteiger partial charge in [0.1, 0.15) is 6.33 Å². The summed E-state index contributed by atoms with van der Waals surface area (Å²) in [6, 6.07) is 9.83. The highest BCUT2D eigenvalue weighted by Gasteiger charge is 2.07. The minimum absolute atomic E-state index is 0.713. The summed E-state index contributed by atoms with van der Waals surface area (Å²) in [5.74, 6) is 0.715. The molecule has 1 aromatic heterocycles. The molecule has 20 heavy (non-hydrogen) atoms. The molecule has 104 valence electrons. The minimum atomic E-state index is 0.713. The normalized spacial score (nSPS) is 10.4. The molecule has 5 nitrogen and oxygen atoms in total. The summed E-state index contributed by atoms with van der Waals surface area (Å²) in [5.41, 5.74) is 1.73. The van der Waals surface area contributed by atoms with E-state index in [0.29, 0.717) is 11.3 Å². The zero-order valence-corrected chi connectivity index (χ0v) is 12.1. The Bertz CT molecular complexity index is 591. The van der Waals surface area contributed by atoms with Crippen molar-refractivity contribution in [2.45, 2.75) is 23.9 Å². The van der Waals surface area contributed by atoms with E-state index < -0.39 is 0 Å². The third-order valence-corrected chi connectivity index (χ3v) is 3.85. The zero-order valence-electron chi connectivity index (χ0n) is 11.3. The number of nitriles is 1. The number of hydrogen-bond acceptors (Lipinski definition) is 5. The lowest BCUT2D eigenvalue weighted by molar-refractivity contribution is 0.189. The maximum atomic E-state index is 9.07. The lowest BCUT2D eigenvalue weighted by Gasteiger charge is -2.06. The van der Waals surface area contributed by atoms with Crippen LogP contribution < -0.4 is 0 Å². The predicted molar refractivity (Wildman–Crippen MR) is 77.2 cm³/mol. The Balaban J connectivity index is 1.97. The Morgan fingerprint density at radius 1 is 1.40 bits per heavy atom. The lowest BCUT2D eigenvalue weighted by Crippen LogP contribution is -2.02. The van der Waals surface area contributed by atoms with Crippen molar-refractivity contribution in [1.29, 1.82) is 5.26 Å². The number of hydrogen-bond donors (Lipinski definition) is 0. The Labute approximate surface area is 122 Å². The van der Waals surface area contributed by atoms with Crippen LogP contribution in [0.1, 0.15) is 17.5 Å². The molecule has 0 N–H and O–H groups in total. The number of methoxy groups -OCH3 is 1. The van der Waals surface area contributed by atoms with Crippen LogP contribution in [0.5, 0.6) is 0 Å². The van der Waals surface area contributed by atoms with Crippen LogP contribution in [-0.2, 0) is 17.0 Å². The van der Waals surface area contributed by atoms with Crippen molar-refractivity contribution in [2.75, 3.05) is 13.7 Å². The van der Waals surface area contributed by atoms with Crippen LogP contribution in [-0.4, -0.2) is 28.5 Å². The van der Waals surface area contributed by atoms with Crippen LogP contribution in [0.3, 0.4) is 0 Å². The molecule has 0 radical (unpaired) electrons. The number of aromatic nitrogens is 3. The molecule has 0 saturated heterocycles. The smallest absolute Gasteiger partial charge is 0.191 e. The van der Waals surface area contributed by atoms with Crippen molar-refractivity contribution in [1.82, 2.24) is 14.8 Å². The third-order valence-electron chi connectivity index (χ3n) is 2.82. The fraction of sp³-hybridized carbons (Fsp3) is 0.357. The van der Waals surface area contributed by atoms with Gasteiger partial charge in [-0.05, 0) is 18.1 Å². The molecule has 2 rings (SSSR count). The molecule has 0 bridgehead atoms. The number of rotatable bonds is 7. The molecule has 1 aromatic carbocycles. The highest BCUT2D eigenvalue weighted by Crippen LogP contribution is 2.22. The van der Waals surface area contributed by atoms with E-state index in [4.69, 9.17) is 10.00 Å². The Morgan fingerprint density at radius 2 is 2.25 bits per heavy atom. The van der Waals surface area contributed by atoms with Gasteiger partial charge in [-0.3, -0.25) is 0 Å². The summed E-state index contributed by atoms with van der Waals surface area (Å²) in [7, 11) is 1.70. The molecule has 0 aliphatic heterocycles. The highest BCUT2D eigenvalue weighted by molar-refractivity contribution is 7.98. The van der Waals surface area contributed by atoms with Gasteiger partial charge >= 0.3 is 0 Å². The van der Waals surface area contributed by atoms with Crippen molar-refractivity contribution in [3.63, 3.8) is 0 Å². The summed E-state index contributed by atoms with van der Waals surface area (Å²) >= 11 is 1.59. The predicted octanol–water partition coefficient (Wildman–Crippen LogP) is 2.48. The van der Waals surface area contributed by atoms with Gasteiger partial charge in [-0.15, -0.1) is 10.2 Å². The van der Waals surface area contributed by atoms with Crippen molar-refractivity contribution in [2.24, 2.45) is 0 Å². The van der Waals surface area contributed by atoms with Crippen molar-refractivity contribution in [3.05, 3.63) is 41.7 Å². The second-order valence-corrected chi connectivity index (χ2v) is 5.15. The average molecular weight is 288 g/mol. The second kappa shape index (κ2) is 7.68. The minimum Gasteiger partial charge on any atom is -0.385 e. The van der Waals surface area contributed by atoms with E-state index in [1.807, 2.05) is 28.8 Å². The summed E-state index contributed by atoms with van der Waals surface area (Å²) < 4.78 is 7.06. The molecule has 0 amide bonds. The van der Waals surface area contributed by atoms with E-state index in [1.54, 1.807) is 25.2 Å². The van der Waals surface area contributed by atoms with Crippen LogP contribution in [0.15, 0.2) is 35.7 Å². The third kappa shape index (κ3) is 3.83. The Hall–Kier alpha value is -1.84. The van der Waals surface area contributed by atoms with Crippen LogP contribution >= 0.6 is 11.8 Å². The Kier molecular flexibility index (Phi) is 5.59. The molecule has 0 aliphatic carbocycles. The topological polar surface area (TPSA) is 63.7 Å². The van der Waals surface area contributed by atoms with E-state index in [2.05, 4.69) is 16.3 Å². The van der Waals surface area contributed by atoms with Gasteiger partial charge in [0, 0.05) is 26.0 Å². The molecule has 0 atom stereocenters. The van der Waals surface area contributed by atoms with E-state index in [-0.39, 0.29) is 0 Å². The van der Waals surface area contributed by atoms with Gasteiger partial charge in [-0.1, -0.05) is 30.0 Å². The number of ether oxygens (including phenoxy) is 1. The molecular formula is C14H16N4OS. The van der Waals surface area contributed by atoms with Gasteiger partial charge in [0.15, 0.2) is 5.16 Å². The van der Waals surface area contributed by atoms with Crippen LogP contribution in [0, 0.1) is 11.3 Å². The number of aryl methyl sites for hydroxylation is 1. The fourth-order valence-corrected chi connectivity index (χ4v) is 2.73. The van der Waals surface area contributed by atoms with Gasteiger partial charge in [0.2, 0.25) is 0 Å². The molecule has 0 saturated carbocycles. The molecule has 0 spiro atoms. The number of benzene rings is 1. The summed E-state index contributed by atoms with van der Waals surface area (Å²) in [6.45, 7) is 1.56. The summed E-state index contributed by atoms with van der Waals surface area (Å²) in [5, 5.41) is 18.0. The van der Waals surface area contributed by atoms with Crippen LogP contribution in [0.4, 0.5) is 0 Å². The summed E-state index contributed by atoms with van der Waals surface area (Å²) in [6.07, 6.45) is 2.66. The van der Waals surface area contributed by atoms with Crippen LogP contribution in [0.2, 0.25) is 0 Å². The molecule has 0 fully saturated rings. The molecule has 1 heterocycles. The van der Waals surface area contributed by atoms with Crippen molar-refractivity contribution < 1.29 is 4.74 Å². The van der Waals surface area contributed by atoms with E-state index >= 15 is 0 Å². The van der Waals surface area contributed by atoms with Gasteiger partial charge in [0.05, 0.1) is 11.6 Å². The first-order valence-corrected chi connectivity index (χ1v) is 7.31. The van der Waals surface area contributed by atoms with E-state index in [1.165, 1.54) is 0 Å². The first-order chi connectivity index (χ1) is 9.85. The van der Waals surface area contributed by atoms with Gasteiger partial charge in [0.25, 0.3) is 0 Å². The zero-order chi connectivity index (χ0) is 14.2. The SMILES string of the molecule is COCCCn1cnnc1SCc1ccccc1C#N. The maximum absolute atomic E-state index is 9.07. The standard InChI is InChI=1S/C14H16N4OS/c1-19-8-4-7-18-11-16-17-14(18)20-10-13-6-3-2-5-12(13)9-15/h2-3,5-6,11H,4,7-8,10H2,1H3. The first-order valence-electron chi connectivity index (χ1n) is 6.32. The second-order valence-electron chi connectivity index (χ2n) is 4.21. The number of thioether (sulfide) groups is 1. The van der Waals surface area contributed by atoms with Gasteiger partial charge < -0.3 is 9.30 Å². The van der Waals surface area contributed by atoms with Gasteiger partial charge in [-0.25, -0.2) is 0 Å². The molecular weight excluding hydrogens is 272 g/mol. The fourth-order valence-electron chi connectivity index (χ4n) is 1.79. The largest absolute Gasteiger partial charge is 0.385 e. The summed E-state index contributed by atoms with van der Waals surface area (Å²) in [4.78, 5) is 0. The van der Waals surface area contributed by atoms with E-state index in [0.717, 1.165) is 30.3 Å². The molecule has 0 aliphatic rings. The van der Waals surface area contributed by atoms with Crippen LogP contribution in [0.25, 0.3) is 0 Å². The molecule has 2 aromatic rings. The molecule has 6 heteroatoms. The van der Waals surface area contributed by atoms with Crippen molar-refractivity contribution >= 4 is 11.8 Å². The van der Waals surface area contributed by atoms with Gasteiger partial charge in [-0.2, -0.15) is 5.26 Å². The quantitative estimate of drug-likeness (QED) is 0.578.